The highest BCUT2D eigenvalue weighted by molar-refractivity contribution is 5.89. The zero-order valence-corrected chi connectivity index (χ0v) is 26.6. The molecule has 2 unspecified atom stereocenters. The molecule has 6 fully saturated rings. The Morgan fingerprint density at radius 3 is 2.31 bits per heavy atom. The van der Waals surface area contributed by atoms with Crippen molar-refractivity contribution in [3.8, 4) is 0 Å². The molecule has 7 rings (SSSR count). The van der Waals surface area contributed by atoms with Crippen molar-refractivity contribution in [2.45, 2.75) is 73.6 Å². The molecule has 0 radical (unpaired) electrons. The van der Waals surface area contributed by atoms with Gasteiger partial charge in [0.1, 0.15) is 23.9 Å². The van der Waals surface area contributed by atoms with Crippen LogP contribution in [0.4, 0.5) is 0 Å². The number of piperidine rings is 1. The fraction of sp³-hybridized carbons (Fsp3) is 0.758. The molecule has 0 amide bonds. The van der Waals surface area contributed by atoms with Crippen LogP contribution in [0.3, 0.4) is 0 Å². The fourth-order valence-electron chi connectivity index (χ4n) is 12.2. The van der Waals surface area contributed by atoms with Crippen molar-refractivity contribution in [1.82, 2.24) is 4.90 Å². The number of rotatable bonds is 8. The molecular formula is C33H45NO11. The van der Waals surface area contributed by atoms with E-state index in [9.17, 15) is 24.9 Å². The van der Waals surface area contributed by atoms with Gasteiger partial charge in [-0.25, -0.2) is 4.79 Å². The molecule has 3 N–H and O–H groups in total. The predicted molar refractivity (Wildman–Crippen MR) is 156 cm³/mol. The lowest BCUT2D eigenvalue weighted by Crippen LogP contribution is -2.81. The molecule has 1 spiro atoms. The fourth-order valence-corrected chi connectivity index (χ4v) is 12.2. The maximum absolute atomic E-state index is 13.7. The minimum Gasteiger partial charge on any atom is -0.455 e. The van der Waals surface area contributed by atoms with Crippen LogP contribution in [0, 0.1) is 34.5 Å². The Morgan fingerprint density at radius 1 is 1.00 bits per heavy atom. The minimum atomic E-state index is -1.83. The van der Waals surface area contributed by atoms with Crippen LogP contribution in [0.1, 0.15) is 30.1 Å². The predicted octanol–water partition coefficient (Wildman–Crippen LogP) is 0.258. The number of hydrogen-bond acceptors (Lipinski definition) is 12. The second-order valence-corrected chi connectivity index (χ2v) is 14.3. The molecular weight excluding hydrogens is 586 g/mol. The van der Waals surface area contributed by atoms with Gasteiger partial charge in [-0.2, -0.15) is 0 Å². The van der Waals surface area contributed by atoms with E-state index in [1.54, 1.807) is 51.7 Å². The van der Waals surface area contributed by atoms with Gasteiger partial charge in [0, 0.05) is 83.0 Å². The monoisotopic (exact) mass is 631 g/mol. The van der Waals surface area contributed by atoms with E-state index in [0.29, 0.717) is 18.5 Å². The summed E-state index contributed by atoms with van der Waals surface area (Å²) in [5, 5.41) is 37.0. The molecule has 15 atom stereocenters. The number of aliphatic hydroxyl groups excluding tert-OH is 2. The molecule has 6 aliphatic rings. The first-order chi connectivity index (χ1) is 21.4. The number of hydrogen-bond donors (Lipinski definition) is 3. The average Bonchev–Trinajstić information content (AvgIpc) is 3.40. The van der Waals surface area contributed by atoms with Crippen LogP contribution < -0.4 is 0 Å². The molecule has 0 aromatic heterocycles. The molecule has 12 nitrogen and oxygen atoms in total. The van der Waals surface area contributed by atoms with Crippen LogP contribution in [0.15, 0.2) is 30.3 Å². The molecule has 248 valence electrons. The second kappa shape index (κ2) is 10.4. The van der Waals surface area contributed by atoms with Gasteiger partial charge >= 0.3 is 11.9 Å². The number of nitrogens with zero attached hydrogens (tertiary/aromatic N) is 1. The summed E-state index contributed by atoms with van der Waals surface area (Å²) in [4.78, 5) is 29.1. The topological polar surface area (TPSA) is 153 Å². The minimum absolute atomic E-state index is 0.0754. The average molecular weight is 632 g/mol. The Hall–Kier alpha value is -2.16. The number of carbonyl (C=O) groups excluding carboxylic acids is 2. The van der Waals surface area contributed by atoms with Crippen molar-refractivity contribution in [1.29, 1.82) is 0 Å². The smallest absolute Gasteiger partial charge is 0.338 e. The van der Waals surface area contributed by atoms with Gasteiger partial charge in [0.05, 0.1) is 30.5 Å². The van der Waals surface area contributed by atoms with Crippen LogP contribution >= 0.6 is 0 Å². The van der Waals surface area contributed by atoms with Gasteiger partial charge in [-0.3, -0.25) is 4.79 Å². The van der Waals surface area contributed by atoms with Crippen LogP contribution in [-0.2, 0) is 33.2 Å². The highest BCUT2D eigenvalue weighted by Crippen LogP contribution is 2.80. The number of esters is 2. The molecule has 1 heterocycles. The molecule has 1 aromatic rings. The summed E-state index contributed by atoms with van der Waals surface area (Å²) in [5.41, 5.74) is -4.79. The lowest BCUT2D eigenvalue weighted by Gasteiger charge is -2.70. The first kappa shape index (κ1) is 31.4. The molecule has 5 saturated carbocycles. The maximum Gasteiger partial charge on any atom is 0.338 e. The van der Waals surface area contributed by atoms with Crippen LogP contribution in [0.5, 0.6) is 0 Å². The zero-order valence-electron chi connectivity index (χ0n) is 26.6. The summed E-state index contributed by atoms with van der Waals surface area (Å²) >= 11 is 0. The Labute approximate surface area is 262 Å². The van der Waals surface area contributed by atoms with Gasteiger partial charge in [-0.05, 0) is 31.5 Å². The zero-order chi connectivity index (χ0) is 32.3. The lowest BCUT2D eigenvalue weighted by atomic mass is 9.42. The molecule has 1 aromatic carbocycles. The first-order valence-corrected chi connectivity index (χ1v) is 15.8. The summed E-state index contributed by atoms with van der Waals surface area (Å²) in [6.07, 6.45) is -5.50. The third kappa shape index (κ3) is 3.55. The van der Waals surface area contributed by atoms with E-state index in [1.807, 2.05) is 7.05 Å². The maximum atomic E-state index is 13.7. The third-order valence-electron chi connectivity index (χ3n) is 12.9. The summed E-state index contributed by atoms with van der Waals surface area (Å²) in [6, 6.07) is 8.15. The summed E-state index contributed by atoms with van der Waals surface area (Å²) in [7, 11) is 8.20. The number of ether oxygens (including phenoxy) is 6. The van der Waals surface area contributed by atoms with Crippen LogP contribution in [0.2, 0.25) is 0 Å². The Bertz CT molecular complexity index is 1350. The van der Waals surface area contributed by atoms with E-state index in [0.717, 1.165) is 0 Å². The van der Waals surface area contributed by atoms with Crippen LogP contribution in [0.25, 0.3) is 0 Å². The molecule has 12 heteroatoms. The third-order valence-corrected chi connectivity index (χ3v) is 12.9. The van der Waals surface area contributed by atoms with E-state index in [4.69, 9.17) is 28.4 Å². The molecule has 5 aliphatic carbocycles. The molecule has 45 heavy (non-hydrogen) atoms. The van der Waals surface area contributed by atoms with Gasteiger partial charge in [0.25, 0.3) is 0 Å². The first-order valence-electron chi connectivity index (χ1n) is 15.8. The second-order valence-electron chi connectivity index (χ2n) is 14.3. The van der Waals surface area contributed by atoms with Gasteiger partial charge in [-0.15, -0.1) is 0 Å². The molecule has 1 aliphatic heterocycles. The Kier molecular flexibility index (Phi) is 7.28. The van der Waals surface area contributed by atoms with Gasteiger partial charge in [0.15, 0.2) is 5.60 Å². The largest absolute Gasteiger partial charge is 0.455 e. The van der Waals surface area contributed by atoms with Crippen molar-refractivity contribution in [2.75, 3.05) is 48.6 Å². The van der Waals surface area contributed by atoms with Crippen molar-refractivity contribution >= 4 is 11.9 Å². The van der Waals surface area contributed by atoms with E-state index in [2.05, 4.69) is 4.90 Å². The normalized spacial score (nSPS) is 50.7. The summed E-state index contributed by atoms with van der Waals surface area (Å²) in [6.45, 7) is 2.00. The quantitative estimate of drug-likeness (QED) is 0.337. The van der Waals surface area contributed by atoms with Gasteiger partial charge in [-0.1, -0.05) is 18.2 Å². The molecule has 7 bridgehead atoms. The van der Waals surface area contributed by atoms with E-state index < -0.39 is 88.3 Å². The number of carbonyl (C=O) groups is 2. The number of likely N-dealkylation sites (tertiary alicyclic amines) is 1. The van der Waals surface area contributed by atoms with Crippen molar-refractivity contribution < 1.29 is 53.3 Å². The van der Waals surface area contributed by atoms with Crippen LogP contribution in [-0.4, -0.2) is 135 Å². The highest BCUT2D eigenvalue weighted by Gasteiger charge is 2.92. The summed E-state index contributed by atoms with van der Waals surface area (Å²) < 4.78 is 37.2. The van der Waals surface area contributed by atoms with E-state index >= 15 is 0 Å². The number of benzene rings is 1. The van der Waals surface area contributed by atoms with E-state index in [-0.39, 0.29) is 25.0 Å². The van der Waals surface area contributed by atoms with Gasteiger partial charge < -0.3 is 48.6 Å². The number of methoxy groups -OCH3 is 4. The molecule has 1 saturated heterocycles. The standard InChI is InChI=1S/C33H45NO11/c1-16(35)45-33-21-18(13-31(39,28(43-6)26(33)37)27(21)44-29(38)17-10-8-7-9-11-17)32-20(41-4)12-19(36)30(15-40-3)14-34(2)25(32)22(33)23(42-5)24(30)32/h7-11,18-28,36-37,39H,12-15H2,1-6H3/t18-,19-,20+,21-,22?,23+,24-,25?,26+,27-,28+,30+,31-,32-,33-/m1/s1. The number of aliphatic hydroxyl groups is 3. The van der Waals surface area contributed by atoms with Gasteiger partial charge in [0.2, 0.25) is 0 Å². The number of fused-ring (bicyclic) bond motifs is 2. The SMILES string of the molecule is COC[C@]12CN(C)C3C4[C@H](OC)[C@H]1[C@]3([C@@H](OC)C[C@H]2O)[C@@H]1C[C@@]2(O)[C@H](OC(=O)c3ccccc3)[C@@H]1[C@]4(OC(C)=O)[C@@H](O)[C@@H]2OC. The highest BCUT2D eigenvalue weighted by atomic mass is 16.6. The van der Waals surface area contributed by atoms with E-state index in [1.165, 1.54) is 14.0 Å². The Morgan fingerprint density at radius 2 is 1.71 bits per heavy atom. The van der Waals surface area contributed by atoms with Crippen molar-refractivity contribution in [2.24, 2.45) is 34.5 Å². The lowest BCUT2D eigenvalue weighted by molar-refractivity contribution is -0.321. The summed E-state index contributed by atoms with van der Waals surface area (Å²) in [5.74, 6) is -3.66. The van der Waals surface area contributed by atoms with Crippen molar-refractivity contribution in [3.63, 3.8) is 0 Å². The van der Waals surface area contributed by atoms with Crippen molar-refractivity contribution in [3.05, 3.63) is 35.9 Å². The Balaban J connectivity index is 1.52.